The van der Waals surface area contributed by atoms with Gasteiger partial charge in [-0.25, -0.2) is 13.2 Å². The number of amides is 4. The third-order valence-corrected chi connectivity index (χ3v) is 12.0. The van der Waals surface area contributed by atoms with Crippen LogP contribution in [0.4, 0.5) is 4.79 Å². The van der Waals surface area contributed by atoms with E-state index in [1.54, 1.807) is 12.1 Å². The molecule has 0 bridgehead atoms. The van der Waals surface area contributed by atoms with Crippen LogP contribution in [0.3, 0.4) is 0 Å². The van der Waals surface area contributed by atoms with Crippen LogP contribution in [0.5, 0.6) is 0 Å². The molecule has 1 unspecified atom stereocenters. The summed E-state index contributed by atoms with van der Waals surface area (Å²) in [6.45, 7) is 0.347. The van der Waals surface area contributed by atoms with Crippen molar-refractivity contribution in [3.63, 3.8) is 0 Å². The van der Waals surface area contributed by atoms with Gasteiger partial charge in [0, 0.05) is 22.4 Å². The summed E-state index contributed by atoms with van der Waals surface area (Å²) >= 11 is 12.6. The molecule has 1 aromatic rings. The Morgan fingerprint density at radius 2 is 1.73 bits per heavy atom. The highest BCUT2D eigenvalue weighted by Crippen LogP contribution is 2.46. The zero-order chi connectivity index (χ0) is 32.1. The Bertz CT molecular complexity index is 1520. The normalized spacial score (nSPS) is 30.4. The summed E-state index contributed by atoms with van der Waals surface area (Å²) in [5, 5.41) is 3.16. The molecular weight excluding hydrogens is 645 g/mol. The van der Waals surface area contributed by atoms with Crippen LogP contribution in [-0.4, -0.2) is 77.6 Å². The van der Waals surface area contributed by atoms with E-state index in [1.807, 2.05) is 12.2 Å². The fourth-order valence-corrected chi connectivity index (χ4v) is 8.34. The first-order valence-corrected chi connectivity index (χ1v) is 17.7. The van der Waals surface area contributed by atoms with E-state index in [9.17, 15) is 27.6 Å². The van der Waals surface area contributed by atoms with E-state index >= 15 is 0 Å². The number of carbonyl (C=O) groups excluding carboxylic acids is 4. The van der Waals surface area contributed by atoms with Gasteiger partial charge < -0.3 is 20.7 Å². The molecule has 5 atom stereocenters. The van der Waals surface area contributed by atoms with Gasteiger partial charge in [0.1, 0.15) is 17.7 Å². The largest absolute Gasteiger partial charge is 0.444 e. The monoisotopic (exact) mass is 681 g/mol. The number of allylic oxidation sites excluding steroid dienone is 1. The van der Waals surface area contributed by atoms with Gasteiger partial charge in [-0.15, -0.1) is 0 Å². The van der Waals surface area contributed by atoms with Crippen LogP contribution in [0, 0.1) is 5.92 Å². The third-order valence-electron chi connectivity index (χ3n) is 9.42. The number of hydrogen-bond acceptors (Lipinski definition) is 8. The van der Waals surface area contributed by atoms with Crippen LogP contribution in [0.15, 0.2) is 24.3 Å². The van der Waals surface area contributed by atoms with E-state index in [0.29, 0.717) is 29.3 Å². The maximum Gasteiger partial charge on any atom is 0.410 e. The van der Waals surface area contributed by atoms with Gasteiger partial charge in [-0.2, -0.15) is 0 Å². The predicted molar refractivity (Wildman–Crippen MR) is 165 cm³/mol. The topological polar surface area (TPSA) is 168 Å². The number of benzene rings is 1. The molecule has 0 radical (unpaired) electrons. The molecule has 3 fully saturated rings. The molecule has 4 amide bonds. The first-order valence-electron chi connectivity index (χ1n) is 15.4. The number of nitrogens with one attached hydrogen (secondary N) is 2. The number of fused-ring (bicyclic) bond motifs is 3. The lowest BCUT2D eigenvalue weighted by Crippen LogP contribution is -2.57. The van der Waals surface area contributed by atoms with E-state index in [4.69, 9.17) is 33.7 Å². The van der Waals surface area contributed by atoms with Crippen molar-refractivity contribution in [1.29, 1.82) is 0 Å². The Labute approximate surface area is 272 Å². The average Bonchev–Trinajstić information content (AvgIpc) is 3.87. The number of ether oxygens (including phenoxy) is 1. The lowest BCUT2D eigenvalue weighted by molar-refractivity contribution is -0.140. The van der Waals surface area contributed by atoms with Crippen molar-refractivity contribution in [2.75, 3.05) is 6.54 Å². The maximum absolute atomic E-state index is 13.9. The molecule has 2 aliphatic carbocycles. The number of halogens is 2. The van der Waals surface area contributed by atoms with Gasteiger partial charge in [0.05, 0.1) is 30.9 Å². The standard InChI is InChI=1S/C30H37Cl2N5O7S/c31-22-10-11-23(32)21-16-36(15-20(21)22)29(41)44-18-12-25-26(38)34-30(28(40)35-45(42,43)19-8-9-19)13-17(30)6-4-2-1-3-5-7-24(33)27(39)37(25)14-18/h4,6,10-11,17-19,24-25H,1-3,5,7-9,12-16,33H2,(H,34,38)(H,35,40)/t17-,18-,24?,25+,30-/m1/s1. The van der Waals surface area contributed by atoms with Crippen LogP contribution in [0.1, 0.15) is 68.9 Å². The molecular formula is C30H37Cl2N5O7S. The van der Waals surface area contributed by atoms with Crippen LogP contribution < -0.4 is 15.8 Å². The Morgan fingerprint density at radius 3 is 2.40 bits per heavy atom. The van der Waals surface area contributed by atoms with Gasteiger partial charge in [-0.05, 0) is 61.8 Å². The van der Waals surface area contributed by atoms with Crippen molar-refractivity contribution in [3.05, 3.63) is 45.5 Å². The second-order valence-corrected chi connectivity index (χ2v) is 15.5. The summed E-state index contributed by atoms with van der Waals surface area (Å²) in [7, 11) is -3.85. The number of rotatable bonds is 4. The highest BCUT2D eigenvalue weighted by atomic mass is 35.5. The molecule has 0 spiro atoms. The van der Waals surface area contributed by atoms with Crippen LogP contribution >= 0.6 is 23.2 Å². The second kappa shape index (κ2) is 12.4. The number of nitrogens with zero attached hydrogens (tertiary/aromatic N) is 2. The Morgan fingerprint density at radius 1 is 1.04 bits per heavy atom. The quantitative estimate of drug-likeness (QED) is 0.408. The van der Waals surface area contributed by atoms with E-state index in [-0.39, 0.29) is 32.5 Å². The van der Waals surface area contributed by atoms with Crippen LogP contribution in [0.25, 0.3) is 0 Å². The van der Waals surface area contributed by atoms with E-state index in [2.05, 4.69) is 10.0 Å². The maximum atomic E-state index is 13.9. The molecule has 5 aliphatic rings. The van der Waals surface area contributed by atoms with Crippen molar-refractivity contribution in [3.8, 4) is 0 Å². The van der Waals surface area contributed by atoms with Gasteiger partial charge in [0.25, 0.3) is 5.91 Å². The Kier molecular flexibility index (Phi) is 8.83. The second-order valence-electron chi connectivity index (χ2n) is 12.7. The molecule has 6 rings (SSSR count). The molecule has 15 heteroatoms. The van der Waals surface area contributed by atoms with Gasteiger partial charge in [0.2, 0.25) is 21.8 Å². The van der Waals surface area contributed by atoms with E-state index in [0.717, 1.165) is 36.8 Å². The Hall–Kier alpha value is -2.87. The predicted octanol–water partition coefficient (Wildman–Crippen LogP) is 2.75. The number of carbonyl (C=O) groups is 4. The summed E-state index contributed by atoms with van der Waals surface area (Å²) in [5.41, 5.74) is 6.29. The highest BCUT2D eigenvalue weighted by molar-refractivity contribution is 7.91. The SMILES string of the molecule is NC1CCCCCC=C[C@@H]2C[C@@]2(C(=O)NS(=O)(=O)C2CC2)NC(=O)[C@@H]2C[C@@H](OC(=O)N3Cc4c(Cl)ccc(Cl)c4C3)CN2C1=O. The lowest BCUT2D eigenvalue weighted by Gasteiger charge is -2.28. The lowest BCUT2D eigenvalue weighted by atomic mass is 10.1. The zero-order valence-corrected chi connectivity index (χ0v) is 27.0. The third kappa shape index (κ3) is 6.54. The smallest absolute Gasteiger partial charge is 0.410 e. The first-order chi connectivity index (χ1) is 21.4. The minimum Gasteiger partial charge on any atom is -0.444 e. The van der Waals surface area contributed by atoms with Crippen LogP contribution in [-0.2, 0) is 42.2 Å². The number of sulfonamides is 1. The molecule has 0 aromatic heterocycles. The molecule has 45 heavy (non-hydrogen) atoms. The number of nitrogens with two attached hydrogens (primary N) is 1. The van der Waals surface area contributed by atoms with Crippen molar-refractivity contribution in [2.45, 2.75) is 99.9 Å². The molecule has 4 N–H and O–H groups in total. The van der Waals surface area contributed by atoms with Crippen molar-refractivity contribution in [2.24, 2.45) is 11.7 Å². The summed E-state index contributed by atoms with van der Waals surface area (Å²) < 4.78 is 33.2. The molecule has 3 aliphatic heterocycles. The summed E-state index contributed by atoms with van der Waals surface area (Å²) in [4.78, 5) is 56.9. The van der Waals surface area contributed by atoms with Crippen molar-refractivity contribution < 1.29 is 32.3 Å². The molecule has 1 saturated heterocycles. The Balaban J connectivity index is 1.20. The summed E-state index contributed by atoms with van der Waals surface area (Å²) in [6.07, 6.45) is 7.09. The number of hydrogen-bond donors (Lipinski definition) is 3. The summed E-state index contributed by atoms with van der Waals surface area (Å²) in [6, 6.07) is 1.40. The summed E-state index contributed by atoms with van der Waals surface area (Å²) in [5.74, 6) is -2.27. The average molecular weight is 683 g/mol. The van der Waals surface area contributed by atoms with Gasteiger partial charge in [0.15, 0.2) is 0 Å². The molecule has 1 aromatic carbocycles. The molecule has 12 nitrogen and oxygen atoms in total. The molecule has 2 saturated carbocycles. The highest BCUT2D eigenvalue weighted by Gasteiger charge is 2.62. The van der Waals surface area contributed by atoms with E-state index < -0.39 is 68.7 Å². The van der Waals surface area contributed by atoms with E-state index in [1.165, 1.54) is 9.80 Å². The molecule has 3 heterocycles. The first kappa shape index (κ1) is 32.1. The van der Waals surface area contributed by atoms with Gasteiger partial charge in [-0.3, -0.25) is 24.0 Å². The molecule has 244 valence electrons. The van der Waals surface area contributed by atoms with Crippen molar-refractivity contribution >= 4 is 57.0 Å². The fourth-order valence-electron chi connectivity index (χ4n) is 6.50. The minimum atomic E-state index is -3.85. The minimum absolute atomic E-state index is 0.0170. The van der Waals surface area contributed by atoms with Gasteiger partial charge in [-0.1, -0.05) is 48.2 Å². The fraction of sp³-hybridized carbons (Fsp3) is 0.600. The van der Waals surface area contributed by atoms with Crippen LogP contribution in [0.2, 0.25) is 10.0 Å². The van der Waals surface area contributed by atoms with Crippen molar-refractivity contribution in [1.82, 2.24) is 19.8 Å². The van der Waals surface area contributed by atoms with Gasteiger partial charge >= 0.3 is 6.09 Å². The zero-order valence-electron chi connectivity index (χ0n) is 24.7.